The van der Waals surface area contributed by atoms with Gasteiger partial charge < -0.3 is 0 Å². The number of carbonyl (C=O) groups excluding carboxylic acids is 1. The van der Waals surface area contributed by atoms with E-state index in [-0.39, 0.29) is 31.6 Å². The fourth-order valence-electron chi connectivity index (χ4n) is 5.35. The zero-order chi connectivity index (χ0) is 36.2. The second-order valence-corrected chi connectivity index (χ2v) is 46.7. The Morgan fingerprint density at radius 1 is 0.673 bits per heavy atom. The third-order valence-electron chi connectivity index (χ3n) is 7.54. The summed E-state index contributed by atoms with van der Waals surface area (Å²) in [6, 6.07) is 29.1. The molecule has 0 bridgehead atoms. The number of ketones is 1. The molecule has 256 valence electrons. The maximum atomic E-state index is 12.6. The number of Topliss-reactive ketones (excluding diaryl/α,β-unsaturated/α-hetero) is 1. The van der Waals surface area contributed by atoms with Crippen LogP contribution in [0, 0.1) is 11.3 Å². The topological polar surface area (TPSA) is 109 Å². The van der Waals surface area contributed by atoms with Gasteiger partial charge in [-0.1, -0.05) is 68.7 Å². The Bertz CT molecular complexity index is 1970. The first-order valence-corrected chi connectivity index (χ1v) is 41.1. The molecular formula is C37H41I2NO5S2SiZn. The van der Waals surface area contributed by atoms with E-state index in [1.165, 1.54) is 6.07 Å². The van der Waals surface area contributed by atoms with Crippen molar-refractivity contribution >= 4 is 73.0 Å². The third-order valence-corrected chi connectivity index (χ3v) is 11.1. The van der Waals surface area contributed by atoms with Gasteiger partial charge in [0.25, 0.3) is 0 Å². The summed E-state index contributed by atoms with van der Waals surface area (Å²) >= 11 is 4.93. The van der Waals surface area contributed by atoms with Gasteiger partial charge in [0.1, 0.15) is 0 Å². The Balaban J connectivity index is 0.000000219. The Kier molecular flexibility index (Phi) is 16.3. The quantitative estimate of drug-likeness (QED) is 0.149. The van der Waals surface area contributed by atoms with Gasteiger partial charge in [0.2, 0.25) is 19.7 Å². The molecule has 0 fully saturated rings. The van der Waals surface area contributed by atoms with Gasteiger partial charge in [0.05, 0.1) is 31.6 Å². The van der Waals surface area contributed by atoms with Crippen LogP contribution < -0.4 is 0 Å². The summed E-state index contributed by atoms with van der Waals surface area (Å²) < 4.78 is 50.2. The van der Waals surface area contributed by atoms with Crippen molar-refractivity contribution in [1.82, 2.24) is 0 Å². The fourth-order valence-corrected chi connectivity index (χ4v) is 8.02. The zero-order valence-corrected chi connectivity index (χ0v) is 38.2. The normalized spacial score (nSPS) is 15.1. The second kappa shape index (κ2) is 19.2. The van der Waals surface area contributed by atoms with E-state index >= 15 is 0 Å². The molecule has 2 aliphatic carbocycles. The molecule has 1 atom stereocenters. The molecule has 0 aromatic heterocycles. The van der Waals surface area contributed by atoms with Gasteiger partial charge in [0.15, 0.2) is 5.78 Å². The summed E-state index contributed by atoms with van der Waals surface area (Å²) in [6.45, 7) is 9.31. The van der Waals surface area contributed by atoms with Crippen LogP contribution in [0.15, 0.2) is 117 Å². The molecule has 1 unspecified atom stereocenters. The van der Waals surface area contributed by atoms with E-state index in [0.29, 0.717) is 21.8 Å². The molecule has 0 aliphatic heterocycles. The molecule has 2 aliphatic rings. The average Bonchev–Trinajstić information content (AvgIpc) is 3.08. The number of hydrogen-bond donors (Lipinski definition) is 0. The van der Waals surface area contributed by atoms with E-state index in [4.69, 9.17) is 0 Å². The first-order valence-electron chi connectivity index (χ1n) is 16.0. The predicted octanol–water partition coefficient (Wildman–Crippen LogP) is 10.2. The Morgan fingerprint density at radius 3 is 1.61 bits per heavy atom. The van der Waals surface area contributed by atoms with Crippen molar-refractivity contribution in [2.45, 2.75) is 90.2 Å². The summed E-state index contributed by atoms with van der Waals surface area (Å²) in [7, 11) is -7.53. The van der Waals surface area contributed by atoms with E-state index in [1.807, 2.05) is 0 Å². The van der Waals surface area contributed by atoms with Crippen molar-refractivity contribution in [1.29, 1.82) is 5.26 Å². The van der Waals surface area contributed by atoms with Gasteiger partial charge in [-0.3, -0.25) is 4.79 Å². The molecule has 0 amide bonds. The van der Waals surface area contributed by atoms with Gasteiger partial charge in [0, 0.05) is 20.1 Å². The maximum absolute atomic E-state index is 12.6. The average molecular weight is 991 g/mol. The van der Waals surface area contributed by atoms with Crippen LogP contribution in [0.3, 0.4) is 0 Å². The molecule has 12 heteroatoms. The number of nitrogens with zero attached hydrogens (tertiary/aromatic N) is 1. The summed E-state index contributed by atoms with van der Waals surface area (Å²) in [6.07, 6.45) is 4.73. The minimum absolute atomic E-state index is 0.0650. The number of sulfone groups is 2. The van der Waals surface area contributed by atoms with Gasteiger partial charge in [-0.15, -0.1) is 0 Å². The Morgan fingerprint density at radius 2 is 1.12 bits per heavy atom. The molecule has 0 saturated heterocycles. The van der Waals surface area contributed by atoms with Crippen LogP contribution in [-0.2, 0) is 42.6 Å². The summed E-state index contributed by atoms with van der Waals surface area (Å²) in [5.74, 6) is -0.00265. The van der Waals surface area contributed by atoms with E-state index in [1.54, 1.807) is 91.0 Å². The fraction of sp³-hybridized carbons (Fsp3) is 0.297. The number of benzene rings is 4. The van der Waals surface area contributed by atoms with Crippen LogP contribution in [0.2, 0.25) is 26.2 Å². The molecule has 49 heavy (non-hydrogen) atoms. The van der Waals surface area contributed by atoms with E-state index < -0.39 is 27.7 Å². The van der Waals surface area contributed by atoms with Crippen LogP contribution in [0.1, 0.15) is 58.6 Å². The van der Waals surface area contributed by atoms with Gasteiger partial charge >= 0.3 is 49.6 Å². The molecule has 6 rings (SSSR count). The number of fused-ring (bicyclic) bond motifs is 2. The van der Waals surface area contributed by atoms with E-state index in [0.717, 1.165) is 48.8 Å². The first kappa shape index (κ1) is 41.7. The Hall–Kier alpha value is -1.76. The van der Waals surface area contributed by atoms with Crippen LogP contribution >= 0.6 is 39.5 Å². The third kappa shape index (κ3) is 12.2. The van der Waals surface area contributed by atoms with E-state index in [9.17, 15) is 26.9 Å². The molecule has 0 N–H and O–H groups in total. The second-order valence-electron chi connectivity index (χ2n) is 13.3. The first-order chi connectivity index (χ1) is 23.1. The monoisotopic (exact) mass is 989 g/mol. The van der Waals surface area contributed by atoms with Crippen molar-refractivity contribution in [3.05, 3.63) is 119 Å². The predicted molar refractivity (Wildman–Crippen MR) is 212 cm³/mol. The van der Waals surface area contributed by atoms with Crippen molar-refractivity contribution in [2.75, 3.05) is 0 Å². The molecule has 4 aromatic rings. The number of aryl methyl sites for hydroxylation is 2. The van der Waals surface area contributed by atoms with E-state index in [2.05, 4.69) is 71.8 Å². The molecular weight excluding hydrogens is 950 g/mol. The van der Waals surface area contributed by atoms with Crippen molar-refractivity contribution in [2.24, 2.45) is 0 Å². The SMILES string of the molecule is C[Si](C)(C)C.N#CC1CCCc2cc(S(=O)(=O)c3ccccc3)ccc21.O=C1CCCc2cc(S(=O)(=O)c3ccccc3)ccc21.[I][Zn][I]. The summed E-state index contributed by atoms with van der Waals surface area (Å²) in [4.78, 5) is 12.9. The van der Waals surface area contributed by atoms with Crippen molar-refractivity contribution in [3.63, 3.8) is 0 Å². The van der Waals surface area contributed by atoms with Crippen LogP contribution in [0.5, 0.6) is 0 Å². The summed E-state index contributed by atoms with van der Waals surface area (Å²) in [5.41, 5.74) is 3.49. The number of rotatable bonds is 4. The van der Waals surface area contributed by atoms with Crippen LogP contribution in [0.25, 0.3) is 0 Å². The number of nitriles is 1. The summed E-state index contributed by atoms with van der Waals surface area (Å²) in [5, 5.41) is 9.18. The number of hydrogen-bond acceptors (Lipinski definition) is 6. The zero-order valence-electron chi connectivity index (χ0n) is 28.3. The molecule has 4 aromatic carbocycles. The molecule has 0 heterocycles. The number of halogens is 2. The molecule has 0 saturated carbocycles. The Labute approximate surface area is 322 Å². The minimum atomic E-state index is -3.50. The van der Waals surface area contributed by atoms with Gasteiger partial charge in [-0.05, 0) is 103 Å². The molecule has 0 radical (unpaired) electrons. The molecule has 0 spiro atoms. The number of carbonyl (C=O) groups is 1. The van der Waals surface area contributed by atoms with Crippen molar-refractivity contribution < 1.29 is 31.7 Å². The van der Waals surface area contributed by atoms with Crippen LogP contribution in [0.4, 0.5) is 0 Å². The van der Waals surface area contributed by atoms with Crippen molar-refractivity contribution in [3.8, 4) is 6.07 Å². The molecule has 6 nitrogen and oxygen atoms in total. The van der Waals surface area contributed by atoms with Crippen LogP contribution in [-0.4, -0.2) is 30.7 Å². The van der Waals surface area contributed by atoms with Gasteiger partial charge in [-0.2, -0.15) is 5.26 Å². The van der Waals surface area contributed by atoms with Gasteiger partial charge in [-0.25, -0.2) is 16.8 Å². The standard InChI is InChI=1S/C17H15NO2S.C16H14O3S.C4H12Si.2HI.Zn/c18-12-14-6-4-5-13-11-16(9-10-17(13)14)21(19,20)15-7-2-1-3-8-15;17-16-8-4-5-12-11-14(9-10-15(12)16)20(18,19)13-6-2-1-3-7-13;1-5(2,3)4;;;/h1-3,7-11,14H,4-6H2;1-3,6-7,9-11H,4-5,8H2;1-4H3;2*1H;/q;;;;;+2/p-2.